The number of nitrogens with two attached hydrogens (primary N) is 1. The lowest BCUT2D eigenvalue weighted by atomic mass is 10.2. The second kappa shape index (κ2) is 3.76. The maximum atomic E-state index is 12.4. The van der Waals surface area contributed by atoms with Gasteiger partial charge in [0.2, 0.25) is 0 Å². The van der Waals surface area contributed by atoms with E-state index in [1.165, 1.54) is 12.1 Å². The molecule has 2 rings (SSSR count). The van der Waals surface area contributed by atoms with Crippen LogP contribution in [0, 0.1) is 3.57 Å². The zero-order valence-corrected chi connectivity index (χ0v) is 10.0. The summed E-state index contributed by atoms with van der Waals surface area (Å²) in [6, 6.07) is 5.40. The van der Waals surface area contributed by atoms with E-state index in [0.717, 1.165) is 9.64 Å². The molecule has 0 amide bonds. The lowest BCUT2D eigenvalue weighted by Crippen LogP contribution is -2.07. The lowest BCUT2D eigenvalue weighted by molar-refractivity contribution is -0.140. The number of aromatic nitrogens is 1. The monoisotopic (exact) mass is 338 g/mol. The number of hydrogen-bond donors (Lipinski definition) is 1. The van der Waals surface area contributed by atoms with Crippen molar-refractivity contribution in [2.45, 2.75) is 6.18 Å². The molecule has 0 spiro atoms. The summed E-state index contributed by atoms with van der Waals surface area (Å²) in [7, 11) is 0. The quantitative estimate of drug-likeness (QED) is 0.590. The van der Waals surface area contributed by atoms with Crippen molar-refractivity contribution in [3.8, 4) is 0 Å². The van der Waals surface area contributed by atoms with Crippen LogP contribution >= 0.6 is 22.6 Å². The molecule has 1 heterocycles. The number of pyridine rings is 1. The third-order valence-electron chi connectivity index (χ3n) is 2.13. The Morgan fingerprint density at radius 1 is 1.12 bits per heavy atom. The maximum Gasteiger partial charge on any atom is 0.433 e. The van der Waals surface area contributed by atoms with E-state index in [9.17, 15) is 13.2 Å². The van der Waals surface area contributed by atoms with Gasteiger partial charge in [-0.25, -0.2) is 4.98 Å². The highest BCUT2D eigenvalue weighted by atomic mass is 127. The Morgan fingerprint density at radius 2 is 1.81 bits per heavy atom. The predicted molar refractivity (Wildman–Crippen MR) is 63.9 cm³/mol. The fourth-order valence-electron chi connectivity index (χ4n) is 1.34. The van der Waals surface area contributed by atoms with Crippen LogP contribution in [0.2, 0.25) is 0 Å². The van der Waals surface area contributed by atoms with Crippen LogP contribution in [-0.2, 0) is 6.18 Å². The predicted octanol–water partition coefficient (Wildman–Crippen LogP) is 3.44. The average Bonchev–Trinajstić information content (AvgIpc) is 2.22. The van der Waals surface area contributed by atoms with Crippen LogP contribution < -0.4 is 5.73 Å². The average molecular weight is 338 g/mol. The first kappa shape index (κ1) is 11.4. The van der Waals surface area contributed by atoms with E-state index in [0.29, 0.717) is 16.6 Å². The van der Waals surface area contributed by atoms with Gasteiger partial charge in [0.05, 0.1) is 5.52 Å². The Hall–Kier alpha value is -1.05. The minimum Gasteiger partial charge on any atom is -0.398 e. The first-order valence-corrected chi connectivity index (χ1v) is 5.39. The Morgan fingerprint density at radius 3 is 2.44 bits per heavy atom. The molecule has 0 saturated carbocycles. The van der Waals surface area contributed by atoms with Gasteiger partial charge in [0.1, 0.15) is 5.69 Å². The number of nitrogen functional groups attached to an aromatic ring is 1. The van der Waals surface area contributed by atoms with Crippen LogP contribution in [-0.4, -0.2) is 4.98 Å². The number of hydrogen-bond acceptors (Lipinski definition) is 2. The molecule has 2 nitrogen and oxygen atoms in total. The van der Waals surface area contributed by atoms with Gasteiger partial charge in [0.25, 0.3) is 0 Å². The van der Waals surface area contributed by atoms with Crippen molar-refractivity contribution in [1.82, 2.24) is 4.98 Å². The van der Waals surface area contributed by atoms with Gasteiger partial charge < -0.3 is 5.73 Å². The molecule has 2 aromatic rings. The number of anilines is 1. The molecule has 0 aliphatic carbocycles. The number of rotatable bonds is 0. The van der Waals surface area contributed by atoms with Gasteiger partial charge in [-0.05, 0) is 46.9 Å². The Labute approximate surface area is 103 Å². The Bertz CT molecular complexity index is 551. The zero-order valence-electron chi connectivity index (χ0n) is 7.85. The lowest BCUT2D eigenvalue weighted by Gasteiger charge is -2.08. The van der Waals surface area contributed by atoms with Crippen molar-refractivity contribution in [3.05, 3.63) is 33.5 Å². The second-order valence-electron chi connectivity index (χ2n) is 3.23. The van der Waals surface area contributed by atoms with Crippen LogP contribution in [0.3, 0.4) is 0 Å². The first-order chi connectivity index (χ1) is 7.39. The molecule has 0 fully saturated rings. The SMILES string of the molecule is Nc1ccc2nc(C(F)(F)F)ccc2c1I. The van der Waals surface area contributed by atoms with Crippen LogP contribution in [0.25, 0.3) is 10.9 Å². The van der Waals surface area contributed by atoms with Gasteiger partial charge in [-0.3, -0.25) is 0 Å². The van der Waals surface area contributed by atoms with Gasteiger partial charge in [0, 0.05) is 14.6 Å². The number of halogens is 4. The third kappa shape index (κ3) is 1.93. The van der Waals surface area contributed by atoms with E-state index in [1.54, 1.807) is 6.07 Å². The molecular formula is C10H6F3IN2. The molecule has 0 bridgehead atoms. The largest absolute Gasteiger partial charge is 0.433 e. The van der Waals surface area contributed by atoms with Crippen molar-refractivity contribution in [2.75, 3.05) is 5.73 Å². The van der Waals surface area contributed by atoms with Crippen molar-refractivity contribution in [3.63, 3.8) is 0 Å². The molecule has 0 aliphatic rings. The molecule has 2 N–H and O–H groups in total. The van der Waals surface area contributed by atoms with Crippen molar-refractivity contribution >= 4 is 39.2 Å². The molecule has 0 saturated heterocycles. The van der Waals surface area contributed by atoms with Crippen molar-refractivity contribution in [1.29, 1.82) is 0 Å². The summed E-state index contributed by atoms with van der Waals surface area (Å²) < 4.78 is 37.9. The molecule has 0 unspecified atom stereocenters. The molecule has 84 valence electrons. The van der Waals surface area contributed by atoms with Gasteiger partial charge in [-0.2, -0.15) is 13.2 Å². The highest BCUT2D eigenvalue weighted by Crippen LogP contribution is 2.31. The second-order valence-corrected chi connectivity index (χ2v) is 4.31. The summed E-state index contributed by atoms with van der Waals surface area (Å²) >= 11 is 1.99. The number of nitrogens with zero attached hydrogens (tertiary/aromatic N) is 1. The molecule has 1 aromatic carbocycles. The fourth-order valence-corrected chi connectivity index (χ4v) is 1.98. The standard InChI is InChI=1S/C10H6F3IN2/c11-10(12,13)8-4-1-5-7(16-8)3-2-6(15)9(5)14/h1-4H,15H2. The molecule has 1 aromatic heterocycles. The first-order valence-electron chi connectivity index (χ1n) is 4.31. The fraction of sp³-hybridized carbons (Fsp3) is 0.100. The molecule has 16 heavy (non-hydrogen) atoms. The van der Waals surface area contributed by atoms with Gasteiger partial charge >= 0.3 is 6.18 Å². The summed E-state index contributed by atoms with van der Waals surface area (Å²) in [6.45, 7) is 0. The number of fused-ring (bicyclic) bond motifs is 1. The van der Waals surface area contributed by atoms with Crippen LogP contribution in [0.5, 0.6) is 0 Å². The molecule has 0 aliphatic heterocycles. The molecule has 6 heteroatoms. The topological polar surface area (TPSA) is 38.9 Å². The highest BCUT2D eigenvalue weighted by molar-refractivity contribution is 14.1. The van der Waals surface area contributed by atoms with Gasteiger partial charge in [0.15, 0.2) is 0 Å². The van der Waals surface area contributed by atoms with E-state index < -0.39 is 11.9 Å². The zero-order chi connectivity index (χ0) is 11.9. The van der Waals surface area contributed by atoms with Crippen LogP contribution in [0.15, 0.2) is 24.3 Å². The summed E-state index contributed by atoms with van der Waals surface area (Å²) in [5.74, 6) is 0. The number of benzene rings is 1. The molecule has 0 radical (unpaired) electrons. The normalized spacial score (nSPS) is 12.0. The summed E-state index contributed by atoms with van der Waals surface area (Å²) in [6.07, 6.45) is -4.42. The van der Waals surface area contributed by atoms with E-state index in [1.807, 2.05) is 22.6 Å². The van der Waals surface area contributed by atoms with Gasteiger partial charge in [-0.15, -0.1) is 0 Å². The summed E-state index contributed by atoms with van der Waals surface area (Å²) in [5, 5.41) is 0.633. The van der Waals surface area contributed by atoms with Crippen LogP contribution in [0.1, 0.15) is 5.69 Å². The minimum absolute atomic E-state index is 0.299. The summed E-state index contributed by atoms with van der Waals surface area (Å²) in [4.78, 5) is 3.56. The van der Waals surface area contributed by atoms with E-state index in [4.69, 9.17) is 5.73 Å². The van der Waals surface area contributed by atoms with Crippen molar-refractivity contribution in [2.24, 2.45) is 0 Å². The maximum absolute atomic E-state index is 12.4. The van der Waals surface area contributed by atoms with Gasteiger partial charge in [-0.1, -0.05) is 0 Å². The Kier molecular flexibility index (Phi) is 2.69. The van der Waals surface area contributed by atoms with E-state index in [-0.39, 0.29) is 0 Å². The smallest absolute Gasteiger partial charge is 0.398 e. The van der Waals surface area contributed by atoms with E-state index >= 15 is 0 Å². The summed E-state index contributed by atoms with van der Waals surface area (Å²) in [5.41, 5.74) is 5.60. The molecule has 0 atom stereocenters. The molecular weight excluding hydrogens is 332 g/mol. The van der Waals surface area contributed by atoms with Crippen molar-refractivity contribution < 1.29 is 13.2 Å². The third-order valence-corrected chi connectivity index (χ3v) is 3.33. The van der Waals surface area contributed by atoms with Crippen LogP contribution in [0.4, 0.5) is 18.9 Å². The number of alkyl halides is 3. The minimum atomic E-state index is -4.42. The highest BCUT2D eigenvalue weighted by Gasteiger charge is 2.32. The van der Waals surface area contributed by atoms with E-state index in [2.05, 4.69) is 4.98 Å². The Balaban J connectivity index is 2.70.